The maximum Gasteiger partial charge on any atom is 0.222 e. The first kappa shape index (κ1) is 23.5. The molecule has 2 heterocycles. The van der Waals surface area contributed by atoms with Crippen molar-refractivity contribution in [3.05, 3.63) is 60.3 Å². The molecule has 0 radical (unpaired) electrons. The van der Waals surface area contributed by atoms with E-state index in [1.807, 2.05) is 76.1 Å². The highest BCUT2D eigenvalue weighted by Gasteiger charge is 2.15. The second-order valence-corrected chi connectivity index (χ2v) is 9.75. The lowest BCUT2D eigenvalue weighted by molar-refractivity contribution is -0.123. The number of rotatable bonds is 6. The molecule has 0 aliphatic carbocycles. The van der Waals surface area contributed by atoms with Crippen molar-refractivity contribution < 1.29 is 9.59 Å². The van der Waals surface area contributed by atoms with E-state index in [1.165, 1.54) is 0 Å². The molecule has 2 aliphatic heterocycles. The smallest absolute Gasteiger partial charge is 0.222 e. The summed E-state index contributed by atoms with van der Waals surface area (Å²) >= 11 is 0. The summed E-state index contributed by atoms with van der Waals surface area (Å²) in [6.07, 6.45) is 17.1. The number of carbonyl (C=O) groups excluding carboxylic acids is 2. The number of allylic oxidation sites excluding steroid dienone is 6. The minimum Gasteiger partial charge on any atom is -0.354 e. The third-order valence-electron chi connectivity index (χ3n) is 4.34. The average Bonchev–Trinajstić information content (AvgIpc) is 2.63. The summed E-state index contributed by atoms with van der Waals surface area (Å²) in [5.41, 5.74) is 1.82. The van der Waals surface area contributed by atoms with Gasteiger partial charge in [-0.25, -0.2) is 0 Å². The molecular weight excluding hydrogens is 376 g/mol. The zero-order valence-electron chi connectivity index (χ0n) is 19.2. The van der Waals surface area contributed by atoms with Gasteiger partial charge in [0, 0.05) is 61.8 Å². The van der Waals surface area contributed by atoms with Crippen LogP contribution in [0.1, 0.15) is 54.4 Å². The highest BCUT2D eigenvalue weighted by Crippen LogP contribution is 2.20. The van der Waals surface area contributed by atoms with E-state index in [0.717, 1.165) is 11.1 Å². The normalized spacial score (nSPS) is 16.3. The zero-order chi connectivity index (χ0) is 22.4. The van der Waals surface area contributed by atoms with Gasteiger partial charge in [-0.05, 0) is 77.0 Å². The Kier molecular flexibility index (Phi) is 7.71. The van der Waals surface area contributed by atoms with Crippen molar-refractivity contribution in [2.75, 3.05) is 13.1 Å². The maximum absolute atomic E-state index is 12.0. The quantitative estimate of drug-likeness (QED) is 0.700. The van der Waals surface area contributed by atoms with Gasteiger partial charge in [-0.2, -0.15) is 0 Å². The third kappa shape index (κ3) is 8.72. The lowest BCUT2D eigenvalue weighted by atomic mass is 10.0. The van der Waals surface area contributed by atoms with E-state index in [2.05, 4.69) is 34.9 Å². The molecule has 2 rings (SSSR count). The summed E-state index contributed by atoms with van der Waals surface area (Å²) in [6, 6.07) is 0. The topological polar surface area (TPSA) is 64.7 Å². The van der Waals surface area contributed by atoms with Gasteiger partial charge in [0.05, 0.1) is 0 Å². The molecule has 0 unspecified atom stereocenters. The first-order chi connectivity index (χ1) is 13.9. The SMILES string of the molecule is CC(C)(C)NC(=O)CCN1C=CC(=C2C=CN(CCC(=O)NC(C)(C)C)C=C2)C=C1. The van der Waals surface area contributed by atoms with Gasteiger partial charge in [-0.1, -0.05) is 0 Å². The zero-order valence-corrected chi connectivity index (χ0v) is 19.2. The molecule has 2 N–H and O–H groups in total. The Bertz CT molecular complexity index is 691. The van der Waals surface area contributed by atoms with Crippen molar-refractivity contribution in [1.82, 2.24) is 20.4 Å². The van der Waals surface area contributed by atoms with E-state index < -0.39 is 0 Å². The van der Waals surface area contributed by atoms with Gasteiger partial charge in [0.25, 0.3) is 0 Å². The second kappa shape index (κ2) is 9.83. The molecule has 0 aromatic carbocycles. The van der Waals surface area contributed by atoms with Crippen LogP contribution in [-0.4, -0.2) is 45.8 Å². The fourth-order valence-corrected chi connectivity index (χ4v) is 3.02. The summed E-state index contributed by atoms with van der Waals surface area (Å²) < 4.78 is 0. The van der Waals surface area contributed by atoms with Crippen molar-refractivity contribution in [1.29, 1.82) is 0 Å². The van der Waals surface area contributed by atoms with Crippen LogP contribution in [0.4, 0.5) is 0 Å². The van der Waals surface area contributed by atoms with Gasteiger partial charge >= 0.3 is 0 Å². The van der Waals surface area contributed by atoms with E-state index in [-0.39, 0.29) is 22.9 Å². The van der Waals surface area contributed by atoms with Gasteiger partial charge in [0.2, 0.25) is 11.8 Å². The molecule has 0 fully saturated rings. The van der Waals surface area contributed by atoms with Crippen LogP contribution >= 0.6 is 0 Å². The number of hydrogen-bond acceptors (Lipinski definition) is 4. The van der Waals surface area contributed by atoms with Crippen LogP contribution in [0.3, 0.4) is 0 Å². The Labute approximate surface area is 181 Å². The fourth-order valence-electron chi connectivity index (χ4n) is 3.02. The van der Waals surface area contributed by atoms with Crippen LogP contribution in [0.25, 0.3) is 0 Å². The molecule has 0 bridgehead atoms. The third-order valence-corrected chi connectivity index (χ3v) is 4.34. The van der Waals surface area contributed by atoms with Gasteiger partial charge < -0.3 is 20.4 Å². The van der Waals surface area contributed by atoms with Crippen molar-refractivity contribution >= 4 is 11.8 Å². The number of hydrogen-bond donors (Lipinski definition) is 2. The predicted octanol–water partition coefficient (Wildman–Crippen LogP) is 3.58. The summed E-state index contributed by atoms with van der Waals surface area (Å²) in [5.74, 6) is 0.116. The number of amides is 2. The van der Waals surface area contributed by atoms with E-state index in [0.29, 0.717) is 25.9 Å². The van der Waals surface area contributed by atoms with Crippen LogP contribution < -0.4 is 10.6 Å². The minimum atomic E-state index is -0.202. The number of nitrogens with one attached hydrogen (secondary N) is 2. The van der Waals surface area contributed by atoms with Crippen LogP contribution in [0.15, 0.2) is 60.3 Å². The van der Waals surface area contributed by atoms with Crippen molar-refractivity contribution in [2.24, 2.45) is 0 Å². The lowest BCUT2D eigenvalue weighted by Crippen LogP contribution is -2.41. The monoisotopic (exact) mass is 412 g/mol. The molecule has 0 spiro atoms. The van der Waals surface area contributed by atoms with Crippen LogP contribution in [0.2, 0.25) is 0 Å². The van der Waals surface area contributed by atoms with E-state index in [4.69, 9.17) is 0 Å². The largest absolute Gasteiger partial charge is 0.354 e. The lowest BCUT2D eigenvalue weighted by Gasteiger charge is -2.24. The van der Waals surface area contributed by atoms with Gasteiger partial charge in [0.15, 0.2) is 0 Å². The minimum absolute atomic E-state index is 0.0582. The van der Waals surface area contributed by atoms with Crippen molar-refractivity contribution in [2.45, 2.75) is 65.5 Å². The predicted molar refractivity (Wildman–Crippen MR) is 122 cm³/mol. The molecule has 0 saturated carbocycles. The summed E-state index contributed by atoms with van der Waals surface area (Å²) in [6.45, 7) is 13.2. The molecule has 2 amide bonds. The number of nitrogens with zero attached hydrogens (tertiary/aromatic N) is 2. The molecule has 164 valence electrons. The Hall–Kier alpha value is -2.76. The summed E-state index contributed by atoms with van der Waals surface area (Å²) in [4.78, 5) is 28.0. The maximum atomic E-state index is 12.0. The average molecular weight is 413 g/mol. The molecule has 6 nitrogen and oxygen atoms in total. The molecular formula is C24H36N4O2. The molecule has 2 aliphatic rings. The number of carbonyl (C=O) groups is 2. The van der Waals surface area contributed by atoms with Crippen molar-refractivity contribution in [3.8, 4) is 0 Å². The summed E-state index contributed by atoms with van der Waals surface area (Å²) in [5, 5.41) is 5.96. The van der Waals surface area contributed by atoms with Gasteiger partial charge in [-0.15, -0.1) is 0 Å². The summed E-state index contributed by atoms with van der Waals surface area (Å²) in [7, 11) is 0. The Morgan fingerprint density at radius 1 is 0.667 bits per heavy atom. The standard InChI is InChI=1S/C24H36N4O2/c1-23(2,3)25-21(29)11-17-27-13-7-19(8-14-27)20-9-15-28(16-10-20)18-12-22(30)26-24(4,5)6/h7-10,13-16H,11-12,17-18H2,1-6H3,(H,25,29)(H,26,30). The van der Waals surface area contributed by atoms with Crippen LogP contribution in [0, 0.1) is 0 Å². The Morgan fingerprint density at radius 2 is 0.967 bits per heavy atom. The molecule has 6 heteroatoms. The molecule has 0 aromatic heterocycles. The van der Waals surface area contributed by atoms with Crippen LogP contribution in [-0.2, 0) is 9.59 Å². The molecule has 30 heavy (non-hydrogen) atoms. The first-order valence-corrected chi connectivity index (χ1v) is 10.5. The second-order valence-electron chi connectivity index (χ2n) is 9.75. The van der Waals surface area contributed by atoms with Crippen molar-refractivity contribution in [3.63, 3.8) is 0 Å². The highest BCUT2D eigenvalue weighted by atomic mass is 16.2. The Morgan fingerprint density at radius 3 is 1.23 bits per heavy atom. The first-order valence-electron chi connectivity index (χ1n) is 10.5. The molecule has 0 saturated heterocycles. The fraction of sp³-hybridized carbons (Fsp3) is 0.500. The molecule has 0 aromatic rings. The molecule has 0 atom stereocenters. The Balaban J connectivity index is 1.80. The van der Waals surface area contributed by atoms with Crippen LogP contribution in [0.5, 0.6) is 0 Å². The van der Waals surface area contributed by atoms with E-state index in [1.54, 1.807) is 0 Å². The van der Waals surface area contributed by atoms with Gasteiger partial charge in [0.1, 0.15) is 0 Å². The van der Waals surface area contributed by atoms with E-state index >= 15 is 0 Å². The van der Waals surface area contributed by atoms with Gasteiger partial charge in [-0.3, -0.25) is 9.59 Å². The highest BCUT2D eigenvalue weighted by molar-refractivity contribution is 5.77. The van der Waals surface area contributed by atoms with E-state index in [9.17, 15) is 9.59 Å².